The first kappa shape index (κ1) is 10.3. The molecule has 3 rings (SSSR count). The van der Waals surface area contributed by atoms with Crippen molar-refractivity contribution in [1.82, 2.24) is 0 Å². The summed E-state index contributed by atoms with van der Waals surface area (Å²) in [6.45, 7) is 0. The highest BCUT2D eigenvalue weighted by Gasteiger charge is 2.55. The van der Waals surface area contributed by atoms with E-state index in [-0.39, 0.29) is 0 Å². The molecule has 1 saturated carbocycles. The molecule has 1 atom stereocenters. The highest BCUT2D eigenvalue weighted by molar-refractivity contribution is 5.16. The molecule has 1 aromatic rings. The molecule has 1 aliphatic carbocycles. The van der Waals surface area contributed by atoms with Gasteiger partial charge < -0.3 is 4.74 Å². The van der Waals surface area contributed by atoms with Crippen LogP contribution in [0.1, 0.15) is 44.1 Å². The smallest absolute Gasteiger partial charge is 0.0948 e. The Balaban J connectivity index is 1.51. The summed E-state index contributed by atoms with van der Waals surface area (Å²) in [5.41, 5.74) is 1.77. The average Bonchev–Trinajstić information content (AvgIpc) is 3.01. The van der Waals surface area contributed by atoms with Crippen molar-refractivity contribution in [1.29, 1.82) is 0 Å². The van der Waals surface area contributed by atoms with Gasteiger partial charge in [0, 0.05) is 0 Å². The Morgan fingerprint density at radius 2 is 1.81 bits per heavy atom. The molecule has 86 valence electrons. The molecule has 1 heteroatoms. The van der Waals surface area contributed by atoms with Crippen molar-refractivity contribution in [3.63, 3.8) is 0 Å². The quantitative estimate of drug-likeness (QED) is 0.701. The zero-order valence-corrected chi connectivity index (χ0v) is 9.82. The number of ether oxygens (including phenoxy) is 1. The van der Waals surface area contributed by atoms with Crippen LogP contribution in [0.3, 0.4) is 0 Å². The Morgan fingerprint density at radius 3 is 2.56 bits per heavy atom. The molecule has 1 aromatic carbocycles. The minimum atomic E-state index is 0.326. The van der Waals surface area contributed by atoms with Gasteiger partial charge in [-0.25, -0.2) is 0 Å². The number of benzene rings is 1. The van der Waals surface area contributed by atoms with E-state index in [0.717, 1.165) is 0 Å². The van der Waals surface area contributed by atoms with Crippen LogP contribution in [0.4, 0.5) is 0 Å². The second kappa shape index (κ2) is 4.21. The number of epoxide rings is 1. The fraction of sp³-hybridized carbons (Fsp3) is 0.600. The van der Waals surface area contributed by atoms with E-state index in [2.05, 4.69) is 30.3 Å². The van der Waals surface area contributed by atoms with Crippen molar-refractivity contribution in [3.05, 3.63) is 35.9 Å². The molecule has 1 aliphatic heterocycles. The molecule has 0 amide bonds. The SMILES string of the molecule is c1ccc(CCC2OC23CCCCC3)cc1. The molecule has 16 heavy (non-hydrogen) atoms. The molecule has 0 bridgehead atoms. The van der Waals surface area contributed by atoms with Gasteiger partial charge >= 0.3 is 0 Å². The summed E-state index contributed by atoms with van der Waals surface area (Å²) in [4.78, 5) is 0. The summed E-state index contributed by atoms with van der Waals surface area (Å²) in [5.74, 6) is 0. The maximum Gasteiger partial charge on any atom is 0.0948 e. The molecule has 0 N–H and O–H groups in total. The number of hydrogen-bond acceptors (Lipinski definition) is 1. The third kappa shape index (κ3) is 2.01. The van der Waals surface area contributed by atoms with E-state index in [1.165, 1.54) is 50.5 Å². The average molecular weight is 216 g/mol. The van der Waals surface area contributed by atoms with E-state index in [0.29, 0.717) is 11.7 Å². The van der Waals surface area contributed by atoms with Gasteiger partial charge in [-0.05, 0) is 31.2 Å². The van der Waals surface area contributed by atoms with Crippen molar-refractivity contribution in [3.8, 4) is 0 Å². The summed E-state index contributed by atoms with van der Waals surface area (Å²) in [5, 5.41) is 0. The van der Waals surface area contributed by atoms with Crippen LogP contribution < -0.4 is 0 Å². The lowest BCUT2D eigenvalue weighted by Crippen LogP contribution is -2.19. The highest BCUT2D eigenvalue weighted by atomic mass is 16.6. The summed E-state index contributed by atoms with van der Waals surface area (Å²) >= 11 is 0. The maximum atomic E-state index is 5.97. The van der Waals surface area contributed by atoms with Gasteiger partial charge in [-0.1, -0.05) is 49.6 Å². The fourth-order valence-corrected chi connectivity index (χ4v) is 3.10. The van der Waals surface area contributed by atoms with E-state index >= 15 is 0 Å². The standard InChI is InChI=1S/C15H20O/c1-3-7-13(8-4-1)9-10-14-15(16-14)11-5-2-6-12-15/h1,3-4,7-8,14H,2,5-6,9-12H2. The van der Waals surface area contributed by atoms with Crippen molar-refractivity contribution >= 4 is 0 Å². The third-order valence-corrected chi connectivity index (χ3v) is 4.14. The minimum absolute atomic E-state index is 0.326. The van der Waals surface area contributed by atoms with Crippen molar-refractivity contribution in [2.24, 2.45) is 0 Å². The second-order valence-corrected chi connectivity index (χ2v) is 5.26. The molecule has 0 aromatic heterocycles. The predicted molar refractivity (Wildman–Crippen MR) is 65.5 cm³/mol. The van der Waals surface area contributed by atoms with E-state index in [9.17, 15) is 0 Å². The highest BCUT2D eigenvalue weighted by Crippen LogP contribution is 2.49. The minimum Gasteiger partial charge on any atom is -0.366 e. The van der Waals surface area contributed by atoms with Crippen LogP contribution >= 0.6 is 0 Å². The summed E-state index contributed by atoms with van der Waals surface area (Å²) < 4.78 is 5.97. The van der Waals surface area contributed by atoms with Crippen LogP contribution in [0, 0.1) is 0 Å². The zero-order chi connectivity index (χ0) is 10.8. The summed E-state index contributed by atoms with van der Waals surface area (Å²) in [6, 6.07) is 10.8. The molecule has 1 heterocycles. The molecule has 1 saturated heterocycles. The Morgan fingerprint density at radius 1 is 1.06 bits per heavy atom. The lowest BCUT2D eigenvalue weighted by molar-refractivity contribution is 0.233. The Bertz CT molecular complexity index is 338. The number of hydrogen-bond donors (Lipinski definition) is 0. The van der Waals surface area contributed by atoms with E-state index < -0.39 is 0 Å². The second-order valence-electron chi connectivity index (χ2n) is 5.26. The first-order valence-electron chi connectivity index (χ1n) is 6.61. The third-order valence-electron chi connectivity index (χ3n) is 4.14. The number of aryl methyl sites for hydroxylation is 1. The molecular formula is C15H20O. The van der Waals surface area contributed by atoms with Crippen LogP contribution in [-0.4, -0.2) is 11.7 Å². The van der Waals surface area contributed by atoms with Gasteiger partial charge in [-0.15, -0.1) is 0 Å². The molecule has 0 radical (unpaired) electrons. The van der Waals surface area contributed by atoms with E-state index in [4.69, 9.17) is 4.74 Å². The van der Waals surface area contributed by atoms with Gasteiger partial charge in [-0.3, -0.25) is 0 Å². The van der Waals surface area contributed by atoms with Crippen molar-refractivity contribution < 1.29 is 4.74 Å². The Kier molecular flexibility index (Phi) is 2.72. The molecule has 1 spiro atoms. The topological polar surface area (TPSA) is 12.5 Å². The van der Waals surface area contributed by atoms with Gasteiger partial charge in [-0.2, -0.15) is 0 Å². The summed E-state index contributed by atoms with van der Waals surface area (Å²) in [7, 11) is 0. The van der Waals surface area contributed by atoms with Gasteiger partial charge in [0.25, 0.3) is 0 Å². The first-order chi connectivity index (χ1) is 7.89. The Labute approximate surface area is 97.8 Å². The molecule has 2 aliphatic rings. The van der Waals surface area contributed by atoms with E-state index in [1.807, 2.05) is 0 Å². The maximum absolute atomic E-state index is 5.97. The van der Waals surface area contributed by atoms with Crippen LogP contribution in [0.15, 0.2) is 30.3 Å². The van der Waals surface area contributed by atoms with Crippen LogP contribution in [0.5, 0.6) is 0 Å². The Hall–Kier alpha value is -0.820. The fourth-order valence-electron chi connectivity index (χ4n) is 3.10. The van der Waals surface area contributed by atoms with Gasteiger partial charge in [0.2, 0.25) is 0 Å². The van der Waals surface area contributed by atoms with Gasteiger partial charge in [0.1, 0.15) is 0 Å². The molecular weight excluding hydrogens is 196 g/mol. The normalized spacial score (nSPS) is 26.9. The monoisotopic (exact) mass is 216 g/mol. The molecule has 1 unspecified atom stereocenters. The van der Waals surface area contributed by atoms with Crippen LogP contribution in [0.25, 0.3) is 0 Å². The summed E-state index contributed by atoms with van der Waals surface area (Å²) in [6.07, 6.45) is 9.74. The van der Waals surface area contributed by atoms with Crippen molar-refractivity contribution in [2.75, 3.05) is 0 Å². The van der Waals surface area contributed by atoms with Crippen LogP contribution in [0.2, 0.25) is 0 Å². The zero-order valence-electron chi connectivity index (χ0n) is 9.82. The van der Waals surface area contributed by atoms with Crippen molar-refractivity contribution in [2.45, 2.75) is 56.7 Å². The van der Waals surface area contributed by atoms with Gasteiger partial charge in [0.05, 0.1) is 11.7 Å². The van der Waals surface area contributed by atoms with E-state index in [1.54, 1.807) is 0 Å². The van der Waals surface area contributed by atoms with Gasteiger partial charge in [0.15, 0.2) is 0 Å². The lowest BCUT2D eigenvalue weighted by Gasteiger charge is -2.18. The molecule has 2 fully saturated rings. The van der Waals surface area contributed by atoms with Crippen LogP contribution in [-0.2, 0) is 11.2 Å². The largest absolute Gasteiger partial charge is 0.366 e. The lowest BCUT2D eigenvalue weighted by atomic mass is 9.85. The molecule has 1 nitrogen and oxygen atoms in total. The number of rotatable bonds is 3. The first-order valence-corrected chi connectivity index (χ1v) is 6.61. The predicted octanol–water partition coefficient (Wildman–Crippen LogP) is 3.72.